The first-order valence-corrected chi connectivity index (χ1v) is 5.61. The van der Waals surface area contributed by atoms with Gasteiger partial charge in [0.2, 0.25) is 0 Å². The van der Waals surface area contributed by atoms with Crippen molar-refractivity contribution in [3.63, 3.8) is 0 Å². The maximum atomic E-state index is 11.7. The van der Waals surface area contributed by atoms with Gasteiger partial charge in [-0.3, -0.25) is 9.78 Å². The summed E-state index contributed by atoms with van der Waals surface area (Å²) < 4.78 is 5.11. The van der Waals surface area contributed by atoms with Gasteiger partial charge in [0, 0.05) is 37.1 Å². The summed E-state index contributed by atoms with van der Waals surface area (Å²) in [5.41, 5.74) is 1.06. The van der Waals surface area contributed by atoms with Crippen LogP contribution in [0.1, 0.15) is 10.5 Å². The van der Waals surface area contributed by atoms with Crippen LogP contribution in [0, 0.1) is 0 Å². The lowest BCUT2D eigenvalue weighted by atomic mass is 10.2. The molecule has 2 aromatic heterocycles. The molecule has 6 heteroatoms. The van der Waals surface area contributed by atoms with E-state index in [0.717, 1.165) is 5.56 Å². The van der Waals surface area contributed by atoms with Gasteiger partial charge in [0.05, 0.1) is 0 Å². The standard InChI is InChI=1S/C12H14N4O2/c1-13-5-6-15-12(17)10-7-11(18-16-10)9-3-2-4-14-8-9/h2-4,7-8,13H,5-6H2,1H3,(H,15,17). The van der Waals surface area contributed by atoms with E-state index >= 15 is 0 Å². The average molecular weight is 246 g/mol. The number of nitrogens with zero attached hydrogens (tertiary/aromatic N) is 2. The topological polar surface area (TPSA) is 80.0 Å². The number of pyridine rings is 1. The molecule has 0 aliphatic heterocycles. The zero-order valence-corrected chi connectivity index (χ0v) is 10.0. The van der Waals surface area contributed by atoms with Gasteiger partial charge in [-0.2, -0.15) is 0 Å². The van der Waals surface area contributed by atoms with Crippen LogP contribution in [-0.4, -0.2) is 36.2 Å². The highest BCUT2D eigenvalue weighted by Gasteiger charge is 2.12. The smallest absolute Gasteiger partial charge is 0.273 e. The normalized spacial score (nSPS) is 10.3. The van der Waals surface area contributed by atoms with E-state index in [4.69, 9.17) is 4.52 Å². The van der Waals surface area contributed by atoms with Crippen LogP contribution in [0.2, 0.25) is 0 Å². The molecular formula is C12H14N4O2. The molecule has 0 spiro atoms. The molecule has 0 radical (unpaired) electrons. The Morgan fingerprint density at radius 1 is 1.44 bits per heavy atom. The molecular weight excluding hydrogens is 232 g/mol. The second-order valence-electron chi connectivity index (χ2n) is 3.68. The average Bonchev–Trinajstić information content (AvgIpc) is 2.89. The van der Waals surface area contributed by atoms with E-state index in [1.807, 2.05) is 13.1 Å². The number of carbonyl (C=O) groups is 1. The first-order valence-electron chi connectivity index (χ1n) is 5.61. The molecule has 0 bridgehead atoms. The maximum Gasteiger partial charge on any atom is 0.273 e. The van der Waals surface area contributed by atoms with Crippen LogP contribution in [0.15, 0.2) is 35.1 Å². The second-order valence-corrected chi connectivity index (χ2v) is 3.68. The number of hydrogen-bond donors (Lipinski definition) is 2. The van der Waals surface area contributed by atoms with Crippen molar-refractivity contribution in [1.82, 2.24) is 20.8 Å². The van der Waals surface area contributed by atoms with E-state index in [1.165, 1.54) is 0 Å². The fourth-order valence-corrected chi connectivity index (χ4v) is 1.42. The van der Waals surface area contributed by atoms with Crippen molar-refractivity contribution in [1.29, 1.82) is 0 Å². The first-order chi connectivity index (χ1) is 8.81. The van der Waals surface area contributed by atoms with Crippen LogP contribution in [0.4, 0.5) is 0 Å². The summed E-state index contributed by atoms with van der Waals surface area (Å²) in [6.07, 6.45) is 3.33. The number of aromatic nitrogens is 2. The lowest BCUT2D eigenvalue weighted by Gasteiger charge is -2.00. The molecule has 0 aliphatic rings. The Labute approximate surface area is 104 Å². The van der Waals surface area contributed by atoms with E-state index < -0.39 is 0 Å². The number of rotatable bonds is 5. The molecule has 6 nitrogen and oxygen atoms in total. The number of carbonyl (C=O) groups excluding carboxylic acids is 1. The van der Waals surface area contributed by atoms with Gasteiger partial charge >= 0.3 is 0 Å². The molecule has 2 N–H and O–H groups in total. The van der Waals surface area contributed by atoms with E-state index in [1.54, 1.807) is 24.5 Å². The van der Waals surface area contributed by atoms with Gasteiger partial charge in [-0.1, -0.05) is 5.16 Å². The van der Waals surface area contributed by atoms with Crippen LogP contribution in [0.25, 0.3) is 11.3 Å². The molecule has 2 aromatic rings. The van der Waals surface area contributed by atoms with Crippen LogP contribution in [0.3, 0.4) is 0 Å². The fourth-order valence-electron chi connectivity index (χ4n) is 1.42. The van der Waals surface area contributed by atoms with Crippen molar-refractivity contribution in [2.24, 2.45) is 0 Å². The Morgan fingerprint density at radius 2 is 2.33 bits per heavy atom. The summed E-state index contributed by atoms with van der Waals surface area (Å²) in [5, 5.41) is 9.40. The zero-order valence-electron chi connectivity index (χ0n) is 10.0. The number of nitrogens with one attached hydrogen (secondary N) is 2. The molecule has 0 fully saturated rings. The molecule has 2 rings (SSSR count). The first kappa shape index (κ1) is 12.3. The number of hydrogen-bond acceptors (Lipinski definition) is 5. The van der Waals surface area contributed by atoms with Crippen molar-refractivity contribution in [3.05, 3.63) is 36.3 Å². The summed E-state index contributed by atoms with van der Waals surface area (Å²) in [4.78, 5) is 15.7. The molecule has 0 aliphatic carbocycles. The largest absolute Gasteiger partial charge is 0.355 e. The molecule has 0 aromatic carbocycles. The molecule has 1 amide bonds. The van der Waals surface area contributed by atoms with Gasteiger partial charge in [0.25, 0.3) is 5.91 Å². The highest BCUT2D eigenvalue weighted by molar-refractivity contribution is 5.93. The third-order valence-electron chi connectivity index (χ3n) is 2.35. The summed E-state index contributed by atoms with van der Waals surface area (Å²) in [5.74, 6) is 0.283. The van der Waals surface area contributed by atoms with E-state index in [0.29, 0.717) is 18.8 Å². The minimum Gasteiger partial charge on any atom is -0.355 e. The van der Waals surface area contributed by atoms with Crippen LogP contribution < -0.4 is 10.6 Å². The van der Waals surface area contributed by atoms with E-state index in [-0.39, 0.29) is 11.6 Å². The number of amides is 1. The van der Waals surface area contributed by atoms with Crippen LogP contribution in [0.5, 0.6) is 0 Å². The SMILES string of the molecule is CNCCNC(=O)c1cc(-c2cccnc2)on1. The van der Waals surface area contributed by atoms with Crippen molar-refractivity contribution < 1.29 is 9.32 Å². The lowest BCUT2D eigenvalue weighted by Crippen LogP contribution is -2.30. The maximum absolute atomic E-state index is 11.7. The highest BCUT2D eigenvalue weighted by Crippen LogP contribution is 2.18. The van der Waals surface area contributed by atoms with Gasteiger partial charge in [-0.15, -0.1) is 0 Å². The third kappa shape index (κ3) is 2.92. The Hall–Kier alpha value is -2.21. The Balaban J connectivity index is 2.04. The third-order valence-corrected chi connectivity index (χ3v) is 2.35. The van der Waals surface area contributed by atoms with Crippen LogP contribution >= 0.6 is 0 Å². The molecule has 2 heterocycles. The summed E-state index contributed by atoms with van der Waals surface area (Å²) in [6.45, 7) is 1.25. The number of likely N-dealkylation sites (N-methyl/N-ethyl adjacent to an activating group) is 1. The highest BCUT2D eigenvalue weighted by atomic mass is 16.5. The summed E-state index contributed by atoms with van der Waals surface area (Å²) >= 11 is 0. The summed E-state index contributed by atoms with van der Waals surface area (Å²) in [6, 6.07) is 5.24. The van der Waals surface area contributed by atoms with Gasteiger partial charge in [-0.25, -0.2) is 0 Å². The van der Waals surface area contributed by atoms with Crippen molar-refractivity contribution in [2.45, 2.75) is 0 Å². The van der Waals surface area contributed by atoms with Gasteiger partial charge in [0.15, 0.2) is 11.5 Å². The van der Waals surface area contributed by atoms with E-state index in [9.17, 15) is 4.79 Å². The molecule has 0 saturated carbocycles. The van der Waals surface area contributed by atoms with Gasteiger partial charge in [0.1, 0.15) is 0 Å². The van der Waals surface area contributed by atoms with Gasteiger partial charge in [-0.05, 0) is 19.2 Å². The molecule has 0 saturated heterocycles. The Kier molecular flexibility index (Phi) is 4.03. The Bertz CT molecular complexity index is 510. The molecule has 18 heavy (non-hydrogen) atoms. The van der Waals surface area contributed by atoms with Gasteiger partial charge < -0.3 is 15.2 Å². The Morgan fingerprint density at radius 3 is 3.06 bits per heavy atom. The minimum absolute atomic E-state index is 0.246. The second kappa shape index (κ2) is 5.92. The van der Waals surface area contributed by atoms with Crippen LogP contribution in [-0.2, 0) is 0 Å². The fraction of sp³-hybridized carbons (Fsp3) is 0.250. The summed E-state index contributed by atoms with van der Waals surface area (Å²) in [7, 11) is 1.82. The molecule has 0 atom stereocenters. The predicted octanol–water partition coefficient (Wildman–Crippen LogP) is 0.686. The monoisotopic (exact) mass is 246 g/mol. The molecule has 0 unspecified atom stereocenters. The quantitative estimate of drug-likeness (QED) is 0.758. The van der Waals surface area contributed by atoms with E-state index in [2.05, 4.69) is 20.8 Å². The van der Waals surface area contributed by atoms with Crippen molar-refractivity contribution in [3.8, 4) is 11.3 Å². The molecule has 94 valence electrons. The predicted molar refractivity (Wildman–Crippen MR) is 66.0 cm³/mol. The van der Waals surface area contributed by atoms with Crippen molar-refractivity contribution in [2.75, 3.05) is 20.1 Å². The van der Waals surface area contributed by atoms with Crippen molar-refractivity contribution >= 4 is 5.91 Å². The minimum atomic E-state index is -0.246. The zero-order chi connectivity index (χ0) is 12.8. The lowest BCUT2D eigenvalue weighted by molar-refractivity contribution is 0.0945.